The molecule has 86 valence electrons. The fourth-order valence-corrected chi connectivity index (χ4v) is 1.10. The molecule has 0 bridgehead atoms. The molecular weight excluding hydrogens is 210 g/mol. The molecule has 1 rings (SSSR count). The molecule has 1 N–H and O–H groups in total. The number of nitro groups is 1. The summed E-state index contributed by atoms with van der Waals surface area (Å²) in [7, 11) is 5.43. The number of amides is 1. The van der Waals surface area contributed by atoms with Crippen molar-refractivity contribution in [2.24, 2.45) is 0 Å². The predicted molar refractivity (Wildman–Crippen MR) is 58.6 cm³/mol. The topological polar surface area (TPSA) is 72.2 Å². The number of benzene rings is 1. The van der Waals surface area contributed by atoms with Crippen molar-refractivity contribution in [3.63, 3.8) is 0 Å². The fraction of sp³-hybridized carbons (Fsp3) is 0.300. The van der Waals surface area contributed by atoms with Gasteiger partial charge in [0.2, 0.25) is 0 Å². The van der Waals surface area contributed by atoms with Crippen LogP contribution in [0.2, 0.25) is 0 Å². The minimum Gasteiger partial charge on any atom is -0.264 e. The first kappa shape index (κ1) is 12.1. The van der Waals surface area contributed by atoms with Crippen LogP contribution in [0.1, 0.15) is 10.4 Å². The van der Waals surface area contributed by atoms with E-state index >= 15 is 0 Å². The van der Waals surface area contributed by atoms with Crippen molar-refractivity contribution in [1.29, 1.82) is 0 Å². The third-order valence-electron chi connectivity index (χ3n) is 1.78. The number of quaternary nitrogens is 1. The molecule has 0 atom stereocenters. The van der Waals surface area contributed by atoms with Crippen LogP contribution in [0.5, 0.6) is 0 Å². The van der Waals surface area contributed by atoms with Crippen molar-refractivity contribution in [2.75, 3.05) is 21.1 Å². The number of hydrogen-bond donors (Lipinski definition) is 1. The summed E-state index contributed by atoms with van der Waals surface area (Å²) in [4.78, 5) is 21.6. The molecule has 0 saturated carbocycles. The van der Waals surface area contributed by atoms with Gasteiger partial charge in [0.15, 0.2) is 0 Å². The first-order valence-electron chi connectivity index (χ1n) is 4.68. The van der Waals surface area contributed by atoms with Gasteiger partial charge in [-0.15, -0.1) is 0 Å². The number of rotatable bonds is 3. The van der Waals surface area contributed by atoms with Gasteiger partial charge in [0.1, 0.15) is 0 Å². The number of nitro benzene ring substituents is 1. The molecule has 0 radical (unpaired) electrons. The van der Waals surface area contributed by atoms with Gasteiger partial charge in [-0.3, -0.25) is 14.9 Å². The van der Waals surface area contributed by atoms with Gasteiger partial charge in [0.05, 0.1) is 26.1 Å². The second-order valence-electron chi connectivity index (χ2n) is 4.26. The lowest BCUT2D eigenvalue weighted by atomic mass is 10.2. The molecule has 6 heteroatoms. The zero-order valence-electron chi connectivity index (χ0n) is 9.43. The number of carbonyl (C=O) groups is 1. The van der Waals surface area contributed by atoms with E-state index in [4.69, 9.17) is 0 Å². The molecule has 0 spiro atoms. The monoisotopic (exact) mass is 224 g/mol. The van der Waals surface area contributed by atoms with Gasteiger partial charge in [-0.2, -0.15) is 5.43 Å². The summed E-state index contributed by atoms with van der Waals surface area (Å²) in [5, 5.41) is 10.4. The van der Waals surface area contributed by atoms with E-state index in [0.717, 1.165) is 0 Å². The van der Waals surface area contributed by atoms with Gasteiger partial charge in [-0.05, 0) is 12.1 Å². The van der Waals surface area contributed by atoms with Crippen molar-refractivity contribution in [2.45, 2.75) is 0 Å². The molecule has 1 amide bonds. The molecule has 6 nitrogen and oxygen atoms in total. The Hall–Kier alpha value is -1.95. The summed E-state index contributed by atoms with van der Waals surface area (Å²) in [5.41, 5.74) is 3.09. The van der Waals surface area contributed by atoms with Gasteiger partial charge in [0.25, 0.3) is 11.6 Å². The number of nitrogens with zero attached hydrogens (tertiary/aromatic N) is 2. The van der Waals surface area contributed by atoms with Crippen molar-refractivity contribution in [3.8, 4) is 0 Å². The highest BCUT2D eigenvalue weighted by atomic mass is 16.6. The molecule has 0 aromatic heterocycles. The van der Waals surface area contributed by atoms with Crippen LogP contribution < -0.4 is 5.43 Å². The summed E-state index contributed by atoms with van der Waals surface area (Å²) >= 11 is 0. The summed E-state index contributed by atoms with van der Waals surface area (Å²) in [6, 6.07) is 5.49. The molecule has 0 saturated heterocycles. The minimum absolute atomic E-state index is 0.0261. The Morgan fingerprint density at radius 3 is 2.12 bits per heavy atom. The number of hydrogen-bond acceptors (Lipinski definition) is 3. The lowest BCUT2D eigenvalue weighted by Crippen LogP contribution is -2.51. The zero-order chi connectivity index (χ0) is 12.3. The Bertz CT molecular complexity index is 406. The average Bonchev–Trinajstić information content (AvgIpc) is 2.15. The summed E-state index contributed by atoms with van der Waals surface area (Å²) < 4.78 is 0.288. The fourth-order valence-electron chi connectivity index (χ4n) is 1.10. The van der Waals surface area contributed by atoms with Gasteiger partial charge < -0.3 is 0 Å². The van der Waals surface area contributed by atoms with E-state index in [2.05, 4.69) is 5.43 Å². The molecule has 0 heterocycles. The van der Waals surface area contributed by atoms with E-state index in [1.807, 2.05) is 21.1 Å². The van der Waals surface area contributed by atoms with Crippen LogP contribution in [0.25, 0.3) is 0 Å². The smallest absolute Gasteiger partial charge is 0.264 e. The normalized spacial score (nSPS) is 10.9. The Labute approximate surface area is 93.2 Å². The first-order chi connectivity index (χ1) is 7.29. The summed E-state index contributed by atoms with van der Waals surface area (Å²) in [6.45, 7) is 0. The van der Waals surface area contributed by atoms with Crippen LogP contribution in [0.15, 0.2) is 24.3 Å². The number of nitrogens with one attached hydrogen (secondary N) is 1. The summed E-state index contributed by atoms with van der Waals surface area (Å²) in [5.74, 6) is -0.262. The highest BCUT2D eigenvalue weighted by Crippen LogP contribution is 2.11. The zero-order valence-corrected chi connectivity index (χ0v) is 9.43. The third kappa shape index (κ3) is 3.32. The van der Waals surface area contributed by atoms with Gasteiger partial charge in [0, 0.05) is 17.7 Å². The van der Waals surface area contributed by atoms with E-state index in [1.165, 1.54) is 24.3 Å². The molecule has 16 heavy (non-hydrogen) atoms. The van der Waals surface area contributed by atoms with Gasteiger partial charge >= 0.3 is 0 Å². The van der Waals surface area contributed by atoms with Crippen molar-refractivity contribution in [3.05, 3.63) is 39.9 Å². The molecule has 1 aromatic rings. The molecule has 0 unspecified atom stereocenters. The number of carbonyl (C=O) groups excluding carboxylic acids is 1. The van der Waals surface area contributed by atoms with Crippen LogP contribution in [0.4, 0.5) is 5.69 Å². The van der Waals surface area contributed by atoms with Crippen LogP contribution in [0.3, 0.4) is 0 Å². The van der Waals surface area contributed by atoms with Gasteiger partial charge in [-0.25, -0.2) is 4.59 Å². The molecule has 1 aromatic carbocycles. The van der Waals surface area contributed by atoms with Crippen molar-refractivity contribution >= 4 is 11.6 Å². The number of non-ortho nitro benzene ring substituents is 1. The highest BCUT2D eigenvalue weighted by molar-refractivity contribution is 5.93. The molecule has 0 fully saturated rings. The third-order valence-corrected chi connectivity index (χ3v) is 1.78. The summed E-state index contributed by atoms with van der Waals surface area (Å²) in [6.07, 6.45) is 0. The van der Waals surface area contributed by atoms with Crippen molar-refractivity contribution in [1.82, 2.24) is 5.43 Å². The van der Waals surface area contributed by atoms with Crippen LogP contribution in [-0.2, 0) is 0 Å². The second-order valence-corrected chi connectivity index (χ2v) is 4.26. The van der Waals surface area contributed by atoms with E-state index in [1.54, 1.807) is 0 Å². The maximum atomic E-state index is 11.6. The molecule has 0 aliphatic heterocycles. The van der Waals surface area contributed by atoms with E-state index in [0.29, 0.717) is 5.56 Å². The maximum Gasteiger partial charge on any atom is 0.295 e. The molecular formula is C10H14N3O3+. The SMILES string of the molecule is C[N+](C)(C)NC(=O)c1ccc([N+](=O)[O-])cc1. The Kier molecular flexibility index (Phi) is 3.24. The predicted octanol–water partition coefficient (Wildman–Crippen LogP) is 0.946. The quantitative estimate of drug-likeness (QED) is 0.472. The lowest BCUT2D eigenvalue weighted by Gasteiger charge is -2.23. The Morgan fingerprint density at radius 2 is 1.75 bits per heavy atom. The highest BCUT2D eigenvalue weighted by Gasteiger charge is 2.15. The van der Waals surface area contributed by atoms with Crippen LogP contribution >= 0.6 is 0 Å². The van der Waals surface area contributed by atoms with Crippen molar-refractivity contribution < 1.29 is 14.3 Å². The largest absolute Gasteiger partial charge is 0.295 e. The van der Waals surface area contributed by atoms with Crippen LogP contribution in [0, 0.1) is 10.1 Å². The molecule has 0 aliphatic rings. The molecule has 0 aliphatic carbocycles. The minimum atomic E-state index is -0.499. The van der Waals surface area contributed by atoms with Crippen LogP contribution in [-0.4, -0.2) is 36.6 Å². The van der Waals surface area contributed by atoms with E-state index < -0.39 is 4.92 Å². The van der Waals surface area contributed by atoms with Gasteiger partial charge in [-0.1, -0.05) is 0 Å². The Balaban J connectivity index is 2.82. The Morgan fingerprint density at radius 1 is 1.25 bits per heavy atom. The first-order valence-corrected chi connectivity index (χ1v) is 4.68. The van der Waals surface area contributed by atoms with E-state index in [-0.39, 0.29) is 16.2 Å². The standard InChI is InChI=1S/C10H13N3O3/c1-13(2,3)11-10(14)8-4-6-9(7-5-8)12(15)16/h4-7H,1-3H3/p+1. The van der Waals surface area contributed by atoms with E-state index in [9.17, 15) is 14.9 Å². The average molecular weight is 224 g/mol. The second kappa shape index (κ2) is 4.28. The lowest BCUT2D eigenvalue weighted by molar-refractivity contribution is -0.905. The maximum absolute atomic E-state index is 11.6.